The third-order valence-electron chi connectivity index (χ3n) is 3.13. The minimum Gasteiger partial charge on any atom is -0.207 e. The Balaban J connectivity index is 2.07. The summed E-state index contributed by atoms with van der Waals surface area (Å²) >= 11 is 3.37. The molecule has 0 radical (unpaired) electrons. The molecule has 0 bridgehead atoms. The van der Waals surface area contributed by atoms with Crippen LogP contribution in [0.4, 0.5) is 0 Å². The highest BCUT2D eigenvalue weighted by Gasteiger charge is 2.13. The highest BCUT2D eigenvalue weighted by Crippen LogP contribution is 2.14. The first-order valence-electron chi connectivity index (χ1n) is 6.84. The van der Waals surface area contributed by atoms with Crippen molar-refractivity contribution in [3.8, 4) is 0 Å². The summed E-state index contributed by atoms with van der Waals surface area (Å²) in [7, 11) is -3.47. The van der Waals surface area contributed by atoms with E-state index < -0.39 is 10.0 Å². The minimum atomic E-state index is -3.47. The monoisotopic (exact) mass is 367 g/mol. The van der Waals surface area contributed by atoms with E-state index in [4.69, 9.17) is 0 Å². The van der Waals surface area contributed by atoms with Crippen LogP contribution in [0, 0.1) is 0 Å². The van der Waals surface area contributed by atoms with Gasteiger partial charge in [0, 0.05) is 11.0 Å². The summed E-state index contributed by atoms with van der Waals surface area (Å²) in [6.07, 6.45) is 2.01. The highest BCUT2D eigenvalue weighted by molar-refractivity contribution is 9.10. The molecule has 0 saturated heterocycles. The molecule has 0 fully saturated rings. The van der Waals surface area contributed by atoms with Crippen LogP contribution in [-0.2, 0) is 23.0 Å². The first kappa shape index (κ1) is 16.2. The average Bonchev–Trinajstić information content (AvgIpc) is 2.46. The van der Waals surface area contributed by atoms with Gasteiger partial charge < -0.3 is 0 Å². The van der Waals surface area contributed by atoms with Crippen molar-refractivity contribution in [1.29, 1.82) is 0 Å². The summed E-state index contributed by atoms with van der Waals surface area (Å²) in [5.74, 6) is 0. The maximum Gasteiger partial charge on any atom is 0.240 e. The van der Waals surface area contributed by atoms with Gasteiger partial charge in [-0.05, 0) is 41.8 Å². The van der Waals surface area contributed by atoms with Gasteiger partial charge in [0.25, 0.3) is 0 Å². The molecule has 0 amide bonds. The average molecular weight is 368 g/mol. The molecular weight excluding hydrogens is 350 g/mol. The molecule has 0 aromatic heterocycles. The Kier molecular flexibility index (Phi) is 5.56. The fourth-order valence-corrected chi connectivity index (χ4v) is 3.50. The van der Waals surface area contributed by atoms with E-state index in [9.17, 15) is 8.42 Å². The molecule has 3 nitrogen and oxygen atoms in total. The van der Waals surface area contributed by atoms with Crippen molar-refractivity contribution in [2.45, 2.75) is 31.2 Å². The first-order chi connectivity index (χ1) is 10.0. The molecule has 0 aliphatic rings. The Morgan fingerprint density at radius 1 is 1.05 bits per heavy atom. The number of sulfonamides is 1. The van der Waals surface area contributed by atoms with E-state index >= 15 is 0 Å². The van der Waals surface area contributed by atoms with E-state index in [0.717, 1.165) is 28.4 Å². The standard InChI is InChI=1S/C16H18BrNO2S/c1-2-4-13-7-9-16(10-8-13)21(19,20)18-12-14-5-3-6-15(17)11-14/h3,5-11,18H,2,4,12H2,1H3. The summed E-state index contributed by atoms with van der Waals surface area (Å²) in [6.45, 7) is 2.38. The van der Waals surface area contributed by atoms with Gasteiger partial charge in [-0.2, -0.15) is 0 Å². The maximum atomic E-state index is 12.2. The zero-order valence-electron chi connectivity index (χ0n) is 11.8. The molecule has 0 spiro atoms. The zero-order chi connectivity index (χ0) is 15.3. The van der Waals surface area contributed by atoms with Crippen molar-refractivity contribution in [3.63, 3.8) is 0 Å². The second-order valence-corrected chi connectivity index (χ2v) is 7.53. The number of nitrogens with one attached hydrogen (secondary N) is 1. The predicted octanol–water partition coefficient (Wildman–Crippen LogP) is 3.88. The largest absolute Gasteiger partial charge is 0.240 e. The quantitative estimate of drug-likeness (QED) is 0.841. The molecule has 0 unspecified atom stereocenters. The second kappa shape index (κ2) is 7.20. The van der Waals surface area contributed by atoms with E-state index in [1.165, 1.54) is 0 Å². The van der Waals surface area contributed by atoms with Gasteiger partial charge in [0.1, 0.15) is 0 Å². The molecule has 0 atom stereocenters. The molecule has 2 rings (SSSR count). The van der Waals surface area contributed by atoms with Crippen LogP contribution >= 0.6 is 15.9 Å². The molecule has 21 heavy (non-hydrogen) atoms. The Morgan fingerprint density at radius 2 is 1.76 bits per heavy atom. The number of hydrogen-bond donors (Lipinski definition) is 1. The van der Waals surface area contributed by atoms with E-state index in [0.29, 0.717) is 4.90 Å². The SMILES string of the molecule is CCCc1ccc(S(=O)(=O)NCc2cccc(Br)c2)cc1. The molecule has 2 aromatic rings. The lowest BCUT2D eigenvalue weighted by Gasteiger charge is -2.08. The summed E-state index contributed by atoms with van der Waals surface area (Å²) in [6, 6.07) is 14.6. The van der Waals surface area contributed by atoms with Gasteiger partial charge >= 0.3 is 0 Å². The van der Waals surface area contributed by atoms with Crippen LogP contribution in [0.5, 0.6) is 0 Å². The Morgan fingerprint density at radius 3 is 2.38 bits per heavy atom. The molecule has 5 heteroatoms. The van der Waals surface area contributed by atoms with E-state index in [1.807, 2.05) is 36.4 Å². The van der Waals surface area contributed by atoms with Gasteiger partial charge in [-0.3, -0.25) is 0 Å². The molecule has 112 valence electrons. The molecular formula is C16H18BrNO2S. The number of hydrogen-bond acceptors (Lipinski definition) is 2. The number of aryl methyl sites for hydroxylation is 1. The molecule has 1 N–H and O–H groups in total. The highest BCUT2D eigenvalue weighted by atomic mass is 79.9. The van der Waals surface area contributed by atoms with Crippen LogP contribution in [0.1, 0.15) is 24.5 Å². The topological polar surface area (TPSA) is 46.2 Å². The Hall–Kier alpha value is -1.17. The van der Waals surface area contributed by atoms with Crippen LogP contribution in [0.15, 0.2) is 57.9 Å². The van der Waals surface area contributed by atoms with Crippen molar-refractivity contribution in [2.24, 2.45) is 0 Å². The normalized spacial score (nSPS) is 11.5. The van der Waals surface area contributed by atoms with Gasteiger partial charge in [0.15, 0.2) is 0 Å². The first-order valence-corrected chi connectivity index (χ1v) is 9.12. The van der Waals surface area contributed by atoms with Gasteiger partial charge in [0.2, 0.25) is 10.0 Å². The lowest BCUT2D eigenvalue weighted by Crippen LogP contribution is -2.23. The fourth-order valence-electron chi connectivity index (χ4n) is 2.03. The van der Waals surface area contributed by atoms with Crippen LogP contribution < -0.4 is 4.72 Å². The van der Waals surface area contributed by atoms with E-state index in [-0.39, 0.29) is 6.54 Å². The lowest BCUT2D eigenvalue weighted by atomic mass is 10.1. The summed E-state index contributed by atoms with van der Waals surface area (Å²) in [4.78, 5) is 0.303. The summed E-state index contributed by atoms with van der Waals surface area (Å²) in [5.41, 5.74) is 2.07. The maximum absolute atomic E-state index is 12.2. The lowest BCUT2D eigenvalue weighted by molar-refractivity contribution is 0.581. The van der Waals surface area contributed by atoms with Crippen molar-refractivity contribution in [1.82, 2.24) is 4.72 Å². The van der Waals surface area contributed by atoms with Crippen molar-refractivity contribution in [2.75, 3.05) is 0 Å². The summed E-state index contributed by atoms with van der Waals surface area (Å²) in [5, 5.41) is 0. The fraction of sp³-hybridized carbons (Fsp3) is 0.250. The molecule has 2 aromatic carbocycles. The third kappa shape index (κ3) is 4.66. The van der Waals surface area contributed by atoms with Gasteiger partial charge in [0.05, 0.1) is 4.90 Å². The van der Waals surface area contributed by atoms with Crippen LogP contribution in [0.2, 0.25) is 0 Å². The zero-order valence-corrected chi connectivity index (χ0v) is 14.2. The summed E-state index contributed by atoms with van der Waals surface area (Å²) < 4.78 is 28.0. The third-order valence-corrected chi connectivity index (χ3v) is 5.04. The van der Waals surface area contributed by atoms with Crippen LogP contribution in [-0.4, -0.2) is 8.42 Å². The number of benzene rings is 2. The Bertz CT molecular complexity index is 696. The van der Waals surface area contributed by atoms with Gasteiger partial charge in [-0.25, -0.2) is 13.1 Å². The van der Waals surface area contributed by atoms with Gasteiger partial charge in [-0.1, -0.05) is 53.5 Å². The predicted molar refractivity (Wildman–Crippen MR) is 88.6 cm³/mol. The van der Waals surface area contributed by atoms with Crippen LogP contribution in [0.3, 0.4) is 0 Å². The smallest absolute Gasteiger partial charge is 0.207 e. The van der Waals surface area contributed by atoms with Gasteiger partial charge in [-0.15, -0.1) is 0 Å². The minimum absolute atomic E-state index is 0.276. The number of halogens is 1. The van der Waals surface area contributed by atoms with Crippen molar-refractivity contribution < 1.29 is 8.42 Å². The van der Waals surface area contributed by atoms with E-state index in [2.05, 4.69) is 27.6 Å². The number of rotatable bonds is 6. The van der Waals surface area contributed by atoms with E-state index in [1.54, 1.807) is 12.1 Å². The van der Waals surface area contributed by atoms with Crippen LogP contribution in [0.25, 0.3) is 0 Å². The van der Waals surface area contributed by atoms with Crippen molar-refractivity contribution >= 4 is 26.0 Å². The van der Waals surface area contributed by atoms with Crippen molar-refractivity contribution in [3.05, 3.63) is 64.1 Å². The Labute approximate surface area is 134 Å². The molecule has 0 aliphatic heterocycles. The molecule has 0 aliphatic carbocycles. The molecule has 0 saturated carbocycles. The second-order valence-electron chi connectivity index (χ2n) is 4.85. The molecule has 0 heterocycles.